The molecule has 1 aliphatic heterocycles. The zero-order valence-corrected chi connectivity index (χ0v) is 9.25. The molecule has 1 N–H and O–H groups in total. The van der Waals surface area contributed by atoms with Crippen molar-refractivity contribution >= 4 is 11.7 Å². The summed E-state index contributed by atoms with van der Waals surface area (Å²) in [6.07, 6.45) is 1.69. The van der Waals surface area contributed by atoms with Gasteiger partial charge in [0.25, 0.3) is 0 Å². The van der Waals surface area contributed by atoms with Crippen LogP contribution in [-0.2, 0) is 11.2 Å². The van der Waals surface area contributed by atoms with Crippen LogP contribution in [0.25, 0.3) is 0 Å². The Morgan fingerprint density at radius 2 is 1.82 bits per heavy atom. The molecular weight excluding hydrogens is 228 g/mol. The third kappa shape index (κ3) is 2.54. The van der Waals surface area contributed by atoms with Gasteiger partial charge in [-0.05, 0) is 24.5 Å². The Hall–Kier alpha value is -1.65. The lowest BCUT2D eigenvalue weighted by Crippen LogP contribution is -2.20. The summed E-state index contributed by atoms with van der Waals surface area (Å²) >= 11 is 0. The van der Waals surface area contributed by atoms with Crippen LogP contribution in [-0.4, -0.2) is 24.2 Å². The normalized spacial score (nSPS) is 15.3. The lowest BCUT2D eigenvalue weighted by Gasteiger charge is -2.21. The van der Waals surface area contributed by atoms with Gasteiger partial charge in [-0.1, -0.05) is 0 Å². The van der Waals surface area contributed by atoms with E-state index in [0.29, 0.717) is 11.3 Å². The van der Waals surface area contributed by atoms with E-state index < -0.39 is 17.6 Å². The Bertz CT molecular complexity index is 442. The predicted molar refractivity (Wildman–Crippen MR) is 59.1 cm³/mol. The van der Waals surface area contributed by atoms with Gasteiger partial charge < -0.3 is 10.0 Å². The maximum atomic E-state index is 13.2. The molecule has 1 aliphatic rings. The molecule has 0 atom stereocenters. The summed E-state index contributed by atoms with van der Waals surface area (Å²) in [5, 5.41) is 8.76. The van der Waals surface area contributed by atoms with Crippen LogP contribution < -0.4 is 4.90 Å². The minimum absolute atomic E-state index is 0.289. The topological polar surface area (TPSA) is 40.5 Å². The summed E-state index contributed by atoms with van der Waals surface area (Å²) in [7, 11) is 0. The van der Waals surface area contributed by atoms with Crippen LogP contribution in [0.3, 0.4) is 0 Å². The van der Waals surface area contributed by atoms with Crippen molar-refractivity contribution in [3.63, 3.8) is 0 Å². The minimum atomic E-state index is -1.04. The first-order valence-electron chi connectivity index (χ1n) is 5.52. The van der Waals surface area contributed by atoms with Gasteiger partial charge in [-0.15, -0.1) is 0 Å². The molecule has 0 saturated carbocycles. The van der Waals surface area contributed by atoms with E-state index >= 15 is 0 Å². The predicted octanol–water partition coefficient (Wildman–Crippen LogP) is 2.19. The van der Waals surface area contributed by atoms with E-state index in [0.717, 1.165) is 38.1 Å². The van der Waals surface area contributed by atoms with Crippen molar-refractivity contribution in [3.8, 4) is 0 Å². The number of nitrogens with zero attached hydrogens (tertiary/aromatic N) is 1. The Kier molecular flexibility index (Phi) is 3.26. The molecule has 3 nitrogen and oxygen atoms in total. The van der Waals surface area contributed by atoms with Gasteiger partial charge in [0.05, 0.1) is 6.42 Å². The maximum absolute atomic E-state index is 13.2. The summed E-state index contributed by atoms with van der Waals surface area (Å²) in [6, 6.07) is 2.08. The molecule has 0 aromatic heterocycles. The highest BCUT2D eigenvalue weighted by molar-refractivity contribution is 5.73. The van der Waals surface area contributed by atoms with Crippen LogP contribution in [0.4, 0.5) is 14.5 Å². The fraction of sp³-hybridized carbons (Fsp3) is 0.417. The number of rotatable bonds is 3. The molecule has 5 heteroatoms. The number of carbonyl (C=O) groups is 1. The quantitative estimate of drug-likeness (QED) is 0.881. The highest BCUT2D eigenvalue weighted by Crippen LogP contribution is 2.27. The molecule has 1 aromatic carbocycles. The Morgan fingerprint density at radius 1 is 1.24 bits per heavy atom. The van der Waals surface area contributed by atoms with Crippen LogP contribution in [0.1, 0.15) is 18.4 Å². The number of benzene rings is 1. The molecule has 0 radical (unpaired) electrons. The Labute approximate surface area is 97.7 Å². The van der Waals surface area contributed by atoms with Crippen LogP contribution in [0.5, 0.6) is 0 Å². The van der Waals surface area contributed by atoms with Crippen molar-refractivity contribution in [2.75, 3.05) is 18.0 Å². The molecule has 1 saturated heterocycles. The van der Waals surface area contributed by atoms with Crippen molar-refractivity contribution in [1.82, 2.24) is 0 Å². The zero-order chi connectivity index (χ0) is 12.4. The van der Waals surface area contributed by atoms with Crippen LogP contribution >= 0.6 is 0 Å². The Balaban J connectivity index is 2.39. The number of anilines is 1. The van der Waals surface area contributed by atoms with Crippen molar-refractivity contribution in [3.05, 3.63) is 29.3 Å². The largest absolute Gasteiger partial charge is 0.481 e. The number of aliphatic carboxylic acids is 1. The van der Waals surface area contributed by atoms with Gasteiger partial charge >= 0.3 is 5.97 Å². The van der Waals surface area contributed by atoms with Gasteiger partial charge in [-0.2, -0.15) is 0 Å². The molecule has 0 aliphatic carbocycles. The number of hydrogen-bond donors (Lipinski definition) is 1. The molecule has 0 spiro atoms. The highest BCUT2D eigenvalue weighted by Gasteiger charge is 2.19. The second kappa shape index (κ2) is 4.69. The molecule has 2 rings (SSSR count). The Morgan fingerprint density at radius 3 is 2.41 bits per heavy atom. The van der Waals surface area contributed by atoms with E-state index in [9.17, 15) is 13.6 Å². The van der Waals surface area contributed by atoms with Gasteiger partial charge in [0.15, 0.2) is 11.6 Å². The molecule has 17 heavy (non-hydrogen) atoms. The molecule has 0 unspecified atom stereocenters. The smallest absolute Gasteiger partial charge is 0.307 e. The molecule has 0 bridgehead atoms. The third-order valence-corrected chi connectivity index (χ3v) is 2.91. The first-order valence-corrected chi connectivity index (χ1v) is 5.52. The van der Waals surface area contributed by atoms with Crippen molar-refractivity contribution < 1.29 is 18.7 Å². The number of hydrogen-bond acceptors (Lipinski definition) is 2. The number of carboxylic acids is 1. The minimum Gasteiger partial charge on any atom is -0.481 e. The lowest BCUT2D eigenvalue weighted by atomic mass is 10.1. The van der Waals surface area contributed by atoms with Crippen LogP contribution in [0.2, 0.25) is 0 Å². The molecule has 1 fully saturated rings. The average Bonchev–Trinajstić information content (AvgIpc) is 2.75. The van der Waals surface area contributed by atoms with E-state index in [1.165, 1.54) is 0 Å². The lowest BCUT2D eigenvalue weighted by molar-refractivity contribution is -0.136. The van der Waals surface area contributed by atoms with Gasteiger partial charge in [0, 0.05) is 24.8 Å². The van der Waals surface area contributed by atoms with E-state index in [4.69, 9.17) is 5.11 Å². The fourth-order valence-electron chi connectivity index (χ4n) is 2.13. The second-order valence-electron chi connectivity index (χ2n) is 4.16. The number of carboxylic acid groups (broad SMARTS) is 1. The van der Waals surface area contributed by atoms with Crippen LogP contribution in [0, 0.1) is 11.6 Å². The first-order chi connectivity index (χ1) is 8.08. The summed E-state index contributed by atoms with van der Waals surface area (Å²) in [6.45, 7) is 1.52. The SMILES string of the molecule is O=C(O)Cc1cc(F)c(F)cc1N1CCCC1. The summed E-state index contributed by atoms with van der Waals surface area (Å²) in [5.41, 5.74) is 0.835. The molecule has 1 aromatic rings. The molecule has 92 valence electrons. The second-order valence-corrected chi connectivity index (χ2v) is 4.16. The number of halogens is 2. The van der Waals surface area contributed by atoms with Crippen molar-refractivity contribution in [1.29, 1.82) is 0 Å². The van der Waals surface area contributed by atoms with E-state index in [1.807, 2.05) is 4.90 Å². The maximum Gasteiger partial charge on any atom is 0.307 e. The van der Waals surface area contributed by atoms with Crippen molar-refractivity contribution in [2.24, 2.45) is 0 Å². The molecule has 1 heterocycles. The van der Waals surface area contributed by atoms with Gasteiger partial charge in [0.1, 0.15) is 0 Å². The summed E-state index contributed by atoms with van der Waals surface area (Å²) in [5.74, 6) is -2.97. The van der Waals surface area contributed by atoms with Crippen LogP contribution in [0.15, 0.2) is 12.1 Å². The fourth-order valence-corrected chi connectivity index (χ4v) is 2.13. The summed E-state index contributed by atoms with van der Waals surface area (Å²) < 4.78 is 26.3. The summed E-state index contributed by atoms with van der Waals surface area (Å²) in [4.78, 5) is 12.6. The average molecular weight is 241 g/mol. The van der Waals surface area contributed by atoms with Gasteiger partial charge in [-0.25, -0.2) is 8.78 Å². The third-order valence-electron chi connectivity index (χ3n) is 2.91. The standard InChI is InChI=1S/C12H13F2NO2/c13-9-5-8(6-12(16)17)11(7-10(9)14)15-3-1-2-4-15/h5,7H,1-4,6H2,(H,16,17). The highest BCUT2D eigenvalue weighted by atomic mass is 19.2. The first kappa shape index (κ1) is 11.8. The van der Waals surface area contributed by atoms with Crippen molar-refractivity contribution in [2.45, 2.75) is 19.3 Å². The van der Waals surface area contributed by atoms with E-state index in [1.54, 1.807) is 0 Å². The zero-order valence-electron chi connectivity index (χ0n) is 9.25. The van der Waals surface area contributed by atoms with Gasteiger partial charge in [-0.3, -0.25) is 4.79 Å². The molecule has 0 amide bonds. The van der Waals surface area contributed by atoms with E-state index in [2.05, 4.69) is 0 Å². The molecular formula is C12H13F2NO2. The van der Waals surface area contributed by atoms with Gasteiger partial charge in [0.2, 0.25) is 0 Å². The van der Waals surface area contributed by atoms with E-state index in [-0.39, 0.29) is 6.42 Å². The monoisotopic (exact) mass is 241 g/mol.